The van der Waals surface area contributed by atoms with Crippen LogP contribution in [-0.4, -0.2) is 36.9 Å². The standard InChI is InChI=1S/C25H27N3O4S2/c1-18(2)32-23-12-8-7-11-22(23)24(29)27-25(33)26-20-13-15-21(16-14-20)34(30,31)28(3)17-19-9-5-4-6-10-19/h4-16,18H,17H2,1-3H3,(H2,26,27,29,33). The number of amides is 1. The van der Waals surface area contributed by atoms with Gasteiger partial charge in [-0.1, -0.05) is 42.5 Å². The van der Waals surface area contributed by atoms with Crippen LogP contribution in [0.1, 0.15) is 29.8 Å². The minimum absolute atomic E-state index is 0.0828. The van der Waals surface area contributed by atoms with Crippen LogP contribution in [0.2, 0.25) is 0 Å². The van der Waals surface area contributed by atoms with Gasteiger partial charge in [-0.3, -0.25) is 10.1 Å². The maximum Gasteiger partial charge on any atom is 0.261 e. The number of anilines is 1. The van der Waals surface area contributed by atoms with E-state index >= 15 is 0 Å². The predicted molar refractivity (Wildman–Crippen MR) is 137 cm³/mol. The van der Waals surface area contributed by atoms with E-state index in [9.17, 15) is 13.2 Å². The van der Waals surface area contributed by atoms with Crippen molar-refractivity contribution in [2.24, 2.45) is 0 Å². The number of benzene rings is 3. The SMILES string of the molecule is CC(C)Oc1ccccc1C(=O)NC(=S)Nc1ccc(S(=O)(=O)N(C)Cc2ccccc2)cc1. The molecule has 0 heterocycles. The van der Waals surface area contributed by atoms with Crippen LogP contribution in [0, 0.1) is 0 Å². The summed E-state index contributed by atoms with van der Waals surface area (Å²) in [4.78, 5) is 12.8. The molecule has 0 fully saturated rings. The molecule has 0 spiro atoms. The van der Waals surface area contributed by atoms with Gasteiger partial charge in [0.1, 0.15) is 5.75 Å². The van der Waals surface area contributed by atoms with Gasteiger partial charge in [0.15, 0.2) is 5.11 Å². The van der Waals surface area contributed by atoms with Crippen LogP contribution in [0.3, 0.4) is 0 Å². The summed E-state index contributed by atoms with van der Waals surface area (Å²) >= 11 is 5.25. The second-order valence-corrected chi connectivity index (χ2v) is 10.3. The van der Waals surface area contributed by atoms with Crippen LogP contribution in [0.5, 0.6) is 5.75 Å². The number of sulfonamides is 1. The van der Waals surface area contributed by atoms with E-state index in [0.29, 0.717) is 17.0 Å². The number of thiocarbonyl (C=S) groups is 1. The molecule has 0 saturated heterocycles. The quantitative estimate of drug-likeness (QED) is 0.448. The maximum atomic E-state index is 12.9. The third-order valence-corrected chi connectivity index (χ3v) is 6.81. The van der Waals surface area contributed by atoms with Crippen molar-refractivity contribution in [1.29, 1.82) is 0 Å². The fraction of sp³-hybridized carbons (Fsp3) is 0.200. The monoisotopic (exact) mass is 497 g/mol. The lowest BCUT2D eigenvalue weighted by atomic mass is 10.2. The number of nitrogens with one attached hydrogen (secondary N) is 2. The normalized spacial score (nSPS) is 11.3. The fourth-order valence-electron chi connectivity index (χ4n) is 3.16. The van der Waals surface area contributed by atoms with E-state index in [-0.39, 0.29) is 22.7 Å². The van der Waals surface area contributed by atoms with Gasteiger partial charge in [0.05, 0.1) is 16.6 Å². The van der Waals surface area contributed by atoms with Crippen molar-refractivity contribution in [3.05, 3.63) is 90.0 Å². The van der Waals surface area contributed by atoms with E-state index in [1.165, 1.54) is 16.4 Å². The molecule has 0 bridgehead atoms. The molecule has 0 radical (unpaired) electrons. The minimum Gasteiger partial charge on any atom is -0.490 e. The molecule has 0 aromatic heterocycles. The van der Waals surface area contributed by atoms with E-state index in [0.717, 1.165) is 5.56 Å². The Balaban J connectivity index is 1.63. The average molecular weight is 498 g/mol. The number of rotatable bonds is 8. The molecule has 0 saturated carbocycles. The lowest BCUT2D eigenvalue weighted by Gasteiger charge is -2.18. The number of hydrogen-bond donors (Lipinski definition) is 2. The summed E-state index contributed by atoms with van der Waals surface area (Å²) in [7, 11) is -2.12. The van der Waals surface area contributed by atoms with Gasteiger partial charge in [-0.15, -0.1) is 0 Å². The van der Waals surface area contributed by atoms with Crippen molar-refractivity contribution in [3.8, 4) is 5.75 Å². The van der Waals surface area contributed by atoms with Crippen LogP contribution in [0.15, 0.2) is 83.8 Å². The zero-order valence-corrected chi connectivity index (χ0v) is 20.8. The summed E-state index contributed by atoms with van der Waals surface area (Å²) in [6.07, 6.45) is -0.0828. The molecule has 3 aromatic rings. The van der Waals surface area contributed by atoms with Crippen LogP contribution in [-0.2, 0) is 16.6 Å². The number of para-hydroxylation sites is 1. The lowest BCUT2D eigenvalue weighted by molar-refractivity contribution is 0.0972. The number of nitrogens with zero attached hydrogens (tertiary/aromatic N) is 1. The molecular weight excluding hydrogens is 470 g/mol. The predicted octanol–water partition coefficient (Wildman–Crippen LogP) is 4.42. The van der Waals surface area contributed by atoms with Gasteiger partial charge in [0.25, 0.3) is 5.91 Å². The van der Waals surface area contributed by atoms with Crippen LogP contribution in [0.4, 0.5) is 5.69 Å². The summed E-state index contributed by atoms with van der Waals surface area (Å²) in [5.41, 5.74) is 1.80. The third-order valence-electron chi connectivity index (χ3n) is 4.79. The number of carbonyl (C=O) groups excluding carboxylic acids is 1. The Kier molecular flexibility index (Phi) is 8.38. The van der Waals surface area contributed by atoms with Gasteiger partial charge in [0.2, 0.25) is 10.0 Å². The van der Waals surface area contributed by atoms with Crippen molar-refractivity contribution < 1.29 is 17.9 Å². The highest BCUT2D eigenvalue weighted by atomic mass is 32.2. The van der Waals surface area contributed by atoms with Gasteiger partial charge in [0, 0.05) is 19.3 Å². The Hall–Kier alpha value is -3.27. The van der Waals surface area contributed by atoms with Gasteiger partial charge in [-0.05, 0) is 68.0 Å². The summed E-state index contributed by atoms with van der Waals surface area (Å²) in [5, 5.41) is 5.61. The first-order chi connectivity index (χ1) is 16.2. The first-order valence-electron chi connectivity index (χ1n) is 10.6. The molecule has 178 valence electrons. The number of hydrogen-bond acceptors (Lipinski definition) is 5. The molecule has 0 unspecified atom stereocenters. The third kappa shape index (κ3) is 6.63. The molecule has 0 atom stereocenters. The van der Waals surface area contributed by atoms with Crippen LogP contribution >= 0.6 is 12.2 Å². The molecule has 1 amide bonds. The van der Waals surface area contributed by atoms with Crippen LogP contribution in [0.25, 0.3) is 0 Å². The number of ether oxygens (including phenoxy) is 1. The zero-order valence-electron chi connectivity index (χ0n) is 19.2. The van der Waals surface area contributed by atoms with E-state index < -0.39 is 15.9 Å². The zero-order chi connectivity index (χ0) is 24.7. The topological polar surface area (TPSA) is 87.7 Å². The van der Waals surface area contributed by atoms with Crippen LogP contribution < -0.4 is 15.4 Å². The number of carbonyl (C=O) groups is 1. The summed E-state index contributed by atoms with van der Waals surface area (Å²) in [5.74, 6) is 0.0578. The van der Waals surface area contributed by atoms with E-state index in [4.69, 9.17) is 17.0 Å². The molecule has 0 aliphatic rings. The Labute approximate surface area is 205 Å². The lowest BCUT2D eigenvalue weighted by Crippen LogP contribution is -2.34. The Morgan fingerprint density at radius 1 is 0.971 bits per heavy atom. The summed E-state index contributed by atoms with van der Waals surface area (Å²) in [6, 6.07) is 22.5. The van der Waals surface area contributed by atoms with Crippen molar-refractivity contribution in [1.82, 2.24) is 9.62 Å². The first-order valence-corrected chi connectivity index (χ1v) is 12.5. The summed E-state index contributed by atoms with van der Waals surface area (Å²) in [6.45, 7) is 4.02. The Bertz CT molecular complexity index is 1240. The average Bonchev–Trinajstić information content (AvgIpc) is 2.80. The molecule has 0 aliphatic heterocycles. The van der Waals surface area contributed by atoms with Crippen molar-refractivity contribution in [2.75, 3.05) is 12.4 Å². The molecular formula is C25H27N3O4S2. The smallest absolute Gasteiger partial charge is 0.261 e. The molecule has 2 N–H and O–H groups in total. The molecule has 3 rings (SSSR count). The maximum absolute atomic E-state index is 12.9. The van der Waals surface area contributed by atoms with Gasteiger partial charge < -0.3 is 10.1 Å². The van der Waals surface area contributed by atoms with Crippen molar-refractivity contribution >= 4 is 38.9 Å². The van der Waals surface area contributed by atoms with Gasteiger partial charge in [-0.25, -0.2) is 8.42 Å². The van der Waals surface area contributed by atoms with Crippen molar-refractivity contribution in [3.63, 3.8) is 0 Å². The first kappa shape index (κ1) is 25.4. The van der Waals surface area contributed by atoms with Crippen molar-refractivity contribution in [2.45, 2.75) is 31.4 Å². The Morgan fingerprint density at radius 3 is 2.24 bits per heavy atom. The highest BCUT2D eigenvalue weighted by molar-refractivity contribution is 7.89. The van der Waals surface area contributed by atoms with E-state index in [2.05, 4.69) is 10.6 Å². The highest BCUT2D eigenvalue weighted by Crippen LogP contribution is 2.21. The van der Waals surface area contributed by atoms with Gasteiger partial charge in [-0.2, -0.15) is 4.31 Å². The molecule has 0 aliphatic carbocycles. The highest BCUT2D eigenvalue weighted by Gasteiger charge is 2.21. The fourth-order valence-corrected chi connectivity index (χ4v) is 4.53. The second-order valence-electron chi connectivity index (χ2n) is 7.84. The van der Waals surface area contributed by atoms with E-state index in [1.807, 2.05) is 44.2 Å². The summed E-state index contributed by atoms with van der Waals surface area (Å²) < 4.78 is 32.8. The molecule has 3 aromatic carbocycles. The van der Waals surface area contributed by atoms with Gasteiger partial charge >= 0.3 is 0 Å². The minimum atomic E-state index is -3.66. The largest absolute Gasteiger partial charge is 0.490 e. The second kappa shape index (κ2) is 11.2. The Morgan fingerprint density at radius 2 is 1.59 bits per heavy atom. The molecule has 34 heavy (non-hydrogen) atoms. The molecule has 9 heteroatoms. The van der Waals surface area contributed by atoms with E-state index in [1.54, 1.807) is 43.4 Å². The molecule has 7 nitrogen and oxygen atoms in total.